The molecule has 1 aliphatic rings. The van der Waals surface area contributed by atoms with Gasteiger partial charge in [0.1, 0.15) is 0 Å². The Kier molecular flexibility index (Phi) is 3.75. The van der Waals surface area contributed by atoms with Crippen molar-refractivity contribution >= 4 is 17.2 Å². The van der Waals surface area contributed by atoms with E-state index >= 15 is 0 Å². The first-order valence-electron chi connectivity index (χ1n) is 5.37. The van der Waals surface area contributed by atoms with Crippen LogP contribution in [-0.2, 0) is 11.2 Å². The van der Waals surface area contributed by atoms with Crippen molar-refractivity contribution in [3.8, 4) is 0 Å². The lowest BCUT2D eigenvalue weighted by Crippen LogP contribution is -2.46. The number of hydrogen-bond donors (Lipinski definition) is 1. The van der Waals surface area contributed by atoms with Gasteiger partial charge in [0.25, 0.3) is 0 Å². The Labute approximate surface area is 94.1 Å². The Hall–Kier alpha value is -0.870. The first-order valence-corrected chi connectivity index (χ1v) is 6.25. The molecular formula is C11H16N2OS. The summed E-state index contributed by atoms with van der Waals surface area (Å²) in [5, 5.41) is 5.31. The van der Waals surface area contributed by atoms with Gasteiger partial charge in [-0.25, -0.2) is 0 Å². The third kappa shape index (κ3) is 3.04. The Morgan fingerprint density at radius 1 is 1.47 bits per heavy atom. The molecule has 0 aromatic carbocycles. The van der Waals surface area contributed by atoms with Crippen molar-refractivity contribution in [2.24, 2.45) is 0 Å². The highest BCUT2D eigenvalue weighted by Gasteiger charge is 2.15. The van der Waals surface area contributed by atoms with Crippen LogP contribution in [0.2, 0.25) is 0 Å². The maximum absolute atomic E-state index is 11.8. The number of nitrogens with one attached hydrogen (secondary N) is 1. The van der Waals surface area contributed by atoms with Crippen LogP contribution in [0.4, 0.5) is 0 Å². The molecule has 0 aliphatic carbocycles. The van der Waals surface area contributed by atoms with Gasteiger partial charge in [0.15, 0.2) is 0 Å². The number of amides is 1. The van der Waals surface area contributed by atoms with Crippen molar-refractivity contribution < 1.29 is 4.79 Å². The second kappa shape index (κ2) is 5.28. The maximum atomic E-state index is 11.8. The third-order valence-electron chi connectivity index (χ3n) is 2.64. The second-order valence-corrected chi connectivity index (χ2v) is 4.74. The largest absolute Gasteiger partial charge is 0.340 e. The predicted molar refractivity (Wildman–Crippen MR) is 62.1 cm³/mol. The van der Waals surface area contributed by atoms with Gasteiger partial charge in [0.05, 0.1) is 0 Å². The highest BCUT2D eigenvalue weighted by Crippen LogP contribution is 2.11. The normalized spacial score (nSPS) is 16.7. The Morgan fingerprint density at radius 3 is 2.93 bits per heavy atom. The maximum Gasteiger partial charge on any atom is 0.223 e. The minimum atomic E-state index is 0.296. The number of nitrogens with zero attached hydrogens (tertiary/aromatic N) is 1. The number of carbonyl (C=O) groups is 1. The SMILES string of the molecule is O=C(CCc1cccs1)N1CCNCC1. The fraction of sp³-hybridized carbons (Fsp3) is 0.545. The molecule has 1 N–H and O–H groups in total. The zero-order chi connectivity index (χ0) is 10.5. The molecule has 0 atom stereocenters. The number of thiophene rings is 1. The van der Waals surface area contributed by atoms with Crippen LogP contribution in [0, 0.1) is 0 Å². The lowest BCUT2D eigenvalue weighted by molar-refractivity contribution is -0.131. The summed E-state index contributed by atoms with van der Waals surface area (Å²) >= 11 is 1.73. The molecule has 2 heterocycles. The molecule has 82 valence electrons. The van der Waals surface area contributed by atoms with Gasteiger partial charge in [0.2, 0.25) is 5.91 Å². The van der Waals surface area contributed by atoms with E-state index in [1.165, 1.54) is 4.88 Å². The van der Waals surface area contributed by atoms with Gasteiger partial charge in [-0.15, -0.1) is 11.3 Å². The van der Waals surface area contributed by atoms with E-state index in [0.717, 1.165) is 32.6 Å². The van der Waals surface area contributed by atoms with Gasteiger partial charge >= 0.3 is 0 Å². The number of rotatable bonds is 3. The molecule has 0 bridgehead atoms. The standard InChI is InChI=1S/C11H16N2OS/c14-11(13-7-5-12-6-8-13)4-3-10-2-1-9-15-10/h1-2,9,12H,3-8H2. The molecule has 15 heavy (non-hydrogen) atoms. The third-order valence-corrected chi connectivity index (χ3v) is 3.57. The highest BCUT2D eigenvalue weighted by molar-refractivity contribution is 7.09. The van der Waals surface area contributed by atoms with Crippen molar-refractivity contribution in [1.29, 1.82) is 0 Å². The Morgan fingerprint density at radius 2 is 2.27 bits per heavy atom. The van der Waals surface area contributed by atoms with Gasteiger partial charge in [-0.2, -0.15) is 0 Å². The highest BCUT2D eigenvalue weighted by atomic mass is 32.1. The van der Waals surface area contributed by atoms with Crippen LogP contribution in [0.25, 0.3) is 0 Å². The number of carbonyl (C=O) groups excluding carboxylic acids is 1. The minimum absolute atomic E-state index is 0.296. The molecule has 1 aromatic rings. The lowest BCUT2D eigenvalue weighted by Gasteiger charge is -2.27. The first kappa shape index (κ1) is 10.6. The van der Waals surface area contributed by atoms with Gasteiger partial charge in [0, 0.05) is 37.5 Å². The molecule has 1 aliphatic heterocycles. The van der Waals surface area contributed by atoms with Gasteiger partial charge in [-0.3, -0.25) is 4.79 Å². The average molecular weight is 224 g/mol. The van der Waals surface area contributed by atoms with Crippen LogP contribution < -0.4 is 5.32 Å². The van der Waals surface area contributed by atoms with Crippen LogP contribution in [-0.4, -0.2) is 37.0 Å². The smallest absolute Gasteiger partial charge is 0.223 e. The Bertz CT molecular complexity index is 304. The van der Waals surface area contributed by atoms with E-state index in [-0.39, 0.29) is 0 Å². The molecule has 4 heteroatoms. The molecule has 3 nitrogen and oxygen atoms in total. The van der Waals surface area contributed by atoms with E-state index in [9.17, 15) is 4.79 Å². The number of piperazine rings is 1. The van der Waals surface area contributed by atoms with Crippen LogP contribution in [0.5, 0.6) is 0 Å². The van der Waals surface area contributed by atoms with Crippen molar-refractivity contribution in [3.05, 3.63) is 22.4 Å². The van der Waals surface area contributed by atoms with Crippen LogP contribution >= 0.6 is 11.3 Å². The summed E-state index contributed by atoms with van der Waals surface area (Å²) in [7, 11) is 0. The molecule has 1 fully saturated rings. The molecule has 2 rings (SSSR count). The summed E-state index contributed by atoms with van der Waals surface area (Å²) < 4.78 is 0. The van der Waals surface area contributed by atoms with E-state index in [0.29, 0.717) is 12.3 Å². The first-order chi connectivity index (χ1) is 7.36. The van der Waals surface area contributed by atoms with Crippen LogP contribution in [0.1, 0.15) is 11.3 Å². The summed E-state index contributed by atoms with van der Waals surface area (Å²) in [4.78, 5) is 15.1. The van der Waals surface area contributed by atoms with Crippen LogP contribution in [0.3, 0.4) is 0 Å². The molecule has 0 unspecified atom stereocenters. The molecular weight excluding hydrogens is 208 g/mol. The number of hydrogen-bond acceptors (Lipinski definition) is 3. The zero-order valence-corrected chi connectivity index (χ0v) is 9.55. The number of aryl methyl sites for hydroxylation is 1. The fourth-order valence-corrected chi connectivity index (χ4v) is 2.47. The monoisotopic (exact) mass is 224 g/mol. The van der Waals surface area contributed by atoms with E-state index < -0.39 is 0 Å². The Balaban J connectivity index is 1.76. The predicted octanol–water partition coefficient (Wildman–Crippen LogP) is 1.11. The topological polar surface area (TPSA) is 32.3 Å². The quantitative estimate of drug-likeness (QED) is 0.834. The molecule has 0 saturated carbocycles. The van der Waals surface area contributed by atoms with E-state index in [2.05, 4.69) is 16.8 Å². The summed E-state index contributed by atoms with van der Waals surface area (Å²) in [5.41, 5.74) is 0. The molecule has 0 spiro atoms. The summed E-state index contributed by atoms with van der Waals surface area (Å²) in [6.07, 6.45) is 1.54. The van der Waals surface area contributed by atoms with Crippen molar-refractivity contribution in [3.63, 3.8) is 0 Å². The van der Waals surface area contributed by atoms with Crippen molar-refractivity contribution in [1.82, 2.24) is 10.2 Å². The van der Waals surface area contributed by atoms with Gasteiger partial charge < -0.3 is 10.2 Å². The van der Waals surface area contributed by atoms with Crippen LogP contribution in [0.15, 0.2) is 17.5 Å². The molecule has 1 saturated heterocycles. The van der Waals surface area contributed by atoms with Crippen molar-refractivity contribution in [2.75, 3.05) is 26.2 Å². The van der Waals surface area contributed by atoms with Gasteiger partial charge in [-0.05, 0) is 17.9 Å². The summed E-state index contributed by atoms with van der Waals surface area (Å²) in [6, 6.07) is 4.13. The zero-order valence-electron chi connectivity index (χ0n) is 8.74. The minimum Gasteiger partial charge on any atom is -0.340 e. The molecule has 1 amide bonds. The lowest BCUT2D eigenvalue weighted by atomic mass is 10.2. The summed E-state index contributed by atoms with van der Waals surface area (Å²) in [6.45, 7) is 3.60. The van der Waals surface area contributed by atoms with Gasteiger partial charge in [-0.1, -0.05) is 6.07 Å². The molecule has 0 radical (unpaired) electrons. The van der Waals surface area contributed by atoms with Crippen molar-refractivity contribution in [2.45, 2.75) is 12.8 Å². The van der Waals surface area contributed by atoms with E-state index in [1.807, 2.05) is 11.0 Å². The van der Waals surface area contributed by atoms with E-state index in [1.54, 1.807) is 11.3 Å². The second-order valence-electron chi connectivity index (χ2n) is 3.71. The molecule has 1 aromatic heterocycles. The fourth-order valence-electron chi connectivity index (χ4n) is 1.76. The summed E-state index contributed by atoms with van der Waals surface area (Å²) in [5.74, 6) is 0.296. The van der Waals surface area contributed by atoms with E-state index in [4.69, 9.17) is 0 Å². The average Bonchev–Trinajstić information content (AvgIpc) is 2.80.